The Labute approximate surface area is 238 Å². The number of phenols is 1. The molecule has 2 N–H and O–H groups in total. The molecule has 0 saturated heterocycles. The highest BCUT2D eigenvalue weighted by atomic mass is 16.3. The monoisotopic (exact) mass is 531 g/mol. The van der Waals surface area contributed by atoms with Crippen LogP contribution in [0.4, 0.5) is 11.4 Å². The predicted molar refractivity (Wildman–Crippen MR) is 170 cm³/mol. The summed E-state index contributed by atoms with van der Waals surface area (Å²) in [7, 11) is 2.08. The highest BCUT2D eigenvalue weighted by Gasteiger charge is 2.21. The van der Waals surface area contributed by atoms with Gasteiger partial charge < -0.3 is 15.0 Å². The Kier molecular flexibility index (Phi) is 7.46. The van der Waals surface area contributed by atoms with Gasteiger partial charge in [-0.1, -0.05) is 102 Å². The molecule has 0 spiro atoms. The summed E-state index contributed by atoms with van der Waals surface area (Å²) < 4.78 is 2.17. The highest BCUT2D eigenvalue weighted by Crippen LogP contribution is 2.42. The van der Waals surface area contributed by atoms with Crippen LogP contribution in [-0.4, -0.2) is 14.7 Å². The number of imidazole rings is 1. The molecule has 5 aromatic rings. The van der Waals surface area contributed by atoms with Crippen LogP contribution < -0.4 is 5.32 Å². The number of benzene rings is 4. The van der Waals surface area contributed by atoms with Crippen molar-refractivity contribution in [1.29, 1.82) is 0 Å². The van der Waals surface area contributed by atoms with Crippen LogP contribution >= 0.6 is 0 Å². The Morgan fingerprint density at radius 2 is 1.25 bits per heavy atom. The SMILES string of the molecule is Cc1cc(Nc2c(C(C)C)cccc2C(C)C)c2nc(-c3ccccc3-c3cccc(C(C)C)c3O)n(C)c2c1. The van der Waals surface area contributed by atoms with Gasteiger partial charge in [-0.3, -0.25) is 0 Å². The predicted octanol–water partition coefficient (Wildman–Crippen LogP) is 10.0. The van der Waals surface area contributed by atoms with Crippen molar-refractivity contribution in [1.82, 2.24) is 9.55 Å². The van der Waals surface area contributed by atoms with Crippen molar-refractivity contribution in [3.63, 3.8) is 0 Å². The summed E-state index contributed by atoms with van der Waals surface area (Å²) in [6.45, 7) is 15.3. The van der Waals surface area contributed by atoms with Crippen molar-refractivity contribution >= 4 is 22.4 Å². The van der Waals surface area contributed by atoms with Crippen LogP contribution in [0.3, 0.4) is 0 Å². The second kappa shape index (κ2) is 10.8. The third kappa shape index (κ3) is 4.88. The molecule has 5 rings (SSSR count). The number of aromatic nitrogens is 2. The second-order valence-corrected chi connectivity index (χ2v) is 11.9. The van der Waals surface area contributed by atoms with Gasteiger partial charge in [-0.2, -0.15) is 0 Å². The molecule has 0 amide bonds. The van der Waals surface area contributed by atoms with Crippen molar-refractivity contribution in [2.45, 2.75) is 66.2 Å². The molecule has 0 radical (unpaired) electrons. The molecule has 0 aliphatic carbocycles. The first kappa shape index (κ1) is 27.5. The first-order valence-corrected chi connectivity index (χ1v) is 14.4. The number of nitrogens with zero attached hydrogens (tertiary/aromatic N) is 2. The molecular weight excluding hydrogens is 490 g/mol. The number of nitrogens with one attached hydrogen (secondary N) is 1. The summed E-state index contributed by atoms with van der Waals surface area (Å²) >= 11 is 0. The quantitative estimate of drug-likeness (QED) is 0.220. The standard InChI is InChI=1S/C36H41N3O/c1-21(2)25-15-11-16-26(22(3)4)33(25)37-31-19-24(7)20-32-34(31)38-36(39(32)8)30-14-10-9-13-28(30)29-18-12-17-27(23(5)6)35(29)40/h9-23,37,40H,1-8H3. The van der Waals surface area contributed by atoms with Crippen LogP contribution in [0.25, 0.3) is 33.5 Å². The van der Waals surface area contributed by atoms with Crippen LogP contribution in [-0.2, 0) is 7.05 Å². The molecular formula is C36H41N3O. The normalized spacial score (nSPS) is 11.8. The van der Waals surface area contributed by atoms with Crippen molar-refractivity contribution in [3.8, 4) is 28.3 Å². The molecule has 206 valence electrons. The molecule has 0 saturated carbocycles. The van der Waals surface area contributed by atoms with Crippen LogP contribution in [0, 0.1) is 6.92 Å². The number of fused-ring (bicyclic) bond motifs is 1. The van der Waals surface area contributed by atoms with E-state index in [0.29, 0.717) is 17.6 Å². The van der Waals surface area contributed by atoms with Crippen LogP contribution in [0.5, 0.6) is 5.75 Å². The smallest absolute Gasteiger partial charge is 0.141 e. The first-order chi connectivity index (χ1) is 19.1. The molecule has 4 heteroatoms. The summed E-state index contributed by atoms with van der Waals surface area (Å²) in [5.41, 5.74) is 11.7. The topological polar surface area (TPSA) is 50.1 Å². The van der Waals surface area contributed by atoms with Crippen LogP contribution in [0.1, 0.15) is 81.5 Å². The van der Waals surface area contributed by atoms with Gasteiger partial charge in [-0.05, 0) is 64.6 Å². The summed E-state index contributed by atoms with van der Waals surface area (Å²) in [6, 6.07) is 25.3. The zero-order chi connectivity index (χ0) is 28.7. The van der Waals surface area contributed by atoms with Gasteiger partial charge in [0.05, 0.1) is 11.2 Å². The second-order valence-electron chi connectivity index (χ2n) is 11.9. The fraction of sp³-hybridized carbons (Fsp3) is 0.306. The maximum Gasteiger partial charge on any atom is 0.141 e. The molecule has 0 bridgehead atoms. The van der Waals surface area contributed by atoms with E-state index in [0.717, 1.165) is 44.8 Å². The molecule has 1 heterocycles. The van der Waals surface area contributed by atoms with Gasteiger partial charge >= 0.3 is 0 Å². The van der Waals surface area contributed by atoms with Crippen molar-refractivity contribution in [3.05, 3.63) is 95.1 Å². The van der Waals surface area contributed by atoms with Gasteiger partial charge in [0, 0.05) is 23.9 Å². The zero-order valence-corrected chi connectivity index (χ0v) is 25.0. The molecule has 4 aromatic carbocycles. The third-order valence-electron chi connectivity index (χ3n) is 7.91. The Balaban J connectivity index is 1.71. The number of phenolic OH excluding ortho intramolecular Hbond substituents is 1. The van der Waals surface area contributed by atoms with E-state index in [1.165, 1.54) is 22.4 Å². The largest absolute Gasteiger partial charge is 0.507 e. The van der Waals surface area contributed by atoms with Crippen molar-refractivity contribution < 1.29 is 5.11 Å². The maximum absolute atomic E-state index is 11.2. The van der Waals surface area contributed by atoms with E-state index in [1.54, 1.807) is 0 Å². The minimum absolute atomic E-state index is 0.226. The van der Waals surface area contributed by atoms with E-state index in [2.05, 4.69) is 108 Å². The number of rotatable bonds is 7. The summed E-state index contributed by atoms with van der Waals surface area (Å²) in [4.78, 5) is 5.26. The highest BCUT2D eigenvalue weighted by molar-refractivity contribution is 5.96. The fourth-order valence-corrected chi connectivity index (χ4v) is 5.75. The average Bonchev–Trinajstić information content (AvgIpc) is 3.24. The van der Waals surface area contributed by atoms with E-state index >= 15 is 0 Å². The third-order valence-corrected chi connectivity index (χ3v) is 7.91. The maximum atomic E-state index is 11.2. The molecule has 4 nitrogen and oxygen atoms in total. The van der Waals surface area contributed by atoms with Gasteiger partial charge in [0.1, 0.15) is 17.1 Å². The van der Waals surface area contributed by atoms with E-state index < -0.39 is 0 Å². The summed E-state index contributed by atoms with van der Waals surface area (Å²) in [5.74, 6) is 2.22. The molecule has 0 aliphatic heterocycles. The number of hydrogen-bond donors (Lipinski definition) is 2. The Morgan fingerprint density at radius 3 is 1.88 bits per heavy atom. The lowest BCUT2D eigenvalue weighted by atomic mass is 9.92. The number of hydrogen-bond acceptors (Lipinski definition) is 3. The lowest BCUT2D eigenvalue weighted by Gasteiger charge is -2.21. The Bertz CT molecular complexity index is 1660. The minimum atomic E-state index is 0.226. The molecule has 0 aliphatic rings. The van der Waals surface area contributed by atoms with Crippen LogP contribution in [0.2, 0.25) is 0 Å². The molecule has 0 unspecified atom stereocenters. The van der Waals surface area contributed by atoms with Gasteiger partial charge in [0.25, 0.3) is 0 Å². The van der Waals surface area contributed by atoms with E-state index in [9.17, 15) is 5.11 Å². The molecule has 1 aromatic heterocycles. The molecule has 40 heavy (non-hydrogen) atoms. The van der Waals surface area contributed by atoms with Crippen molar-refractivity contribution in [2.24, 2.45) is 7.05 Å². The lowest BCUT2D eigenvalue weighted by Crippen LogP contribution is -2.04. The lowest BCUT2D eigenvalue weighted by molar-refractivity contribution is 0.467. The average molecular weight is 532 g/mol. The van der Waals surface area contributed by atoms with E-state index in [4.69, 9.17) is 4.98 Å². The van der Waals surface area contributed by atoms with Gasteiger partial charge in [0.2, 0.25) is 0 Å². The number of para-hydroxylation sites is 2. The minimum Gasteiger partial charge on any atom is -0.507 e. The number of aryl methyl sites for hydroxylation is 2. The zero-order valence-electron chi connectivity index (χ0n) is 25.0. The first-order valence-electron chi connectivity index (χ1n) is 14.4. The molecule has 0 fully saturated rings. The van der Waals surface area contributed by atoms with Gasteiger partial charge in [-0.25, -0.2) is 4.98 Å². The van der Waals surface area contributed by atoms with E-state index in [-0.39, 0.29) is 5.92 Å². The van der Waals surface area contributed by atoms with Gasteiger partial charge in [-0.15, -0.1) is 0 Å². The number of anilines is 2. The molecule has 0 atom stereocenters. The Morgan fingerprint density at radius 1 is 0.700 bits per heavy atom. The summed E-state index contributed by atoms with van der Waals surface area (Å²) in [5, 5.41) is 15.1. The Hall–Kier alpha value is -4.05. The fourth-order valence-electron chi connectivity index (χ4n) is 5.75. The van der Waals surface area contributed by atoms with E-state index in [1.807, 2.05) is 30.3 Å². The van der Waals surface area contributed by atoms with Crippen LogP contribution in [0.15, 0.2) is 72.8 Å². The van der Waals surface area contributed by atoms with Crippen molar-refractivity contribution in [2.75, 3.05) is 5.32 Å². The van der Waals surface area contributed by atoms with Gasteiger partial charge in [0.15, 0.2) is 0 Å². The number of aromatic hydroxyl groups is 1. The summed E-state index contributed by atoms with van der Waals surface area (Å²) in [6.07, 6.45) is 0.